The Morgan fingerprint density at radius 2 is 1.79 bits per heavy atom. The van der Waals surface area contributed by atoms with Crippen LogP contribution in [0.4, 0.5) is 5.69 Å². The van der Waals surface area contributed by atoms with Gasteiger partial charge in [0, 0.05) is 0 Å². The summed E-state index contributed by atoms with van der Waals surface area (Å²) in [5.74, 6) is 0.189. The molecule has 6 nitrogen and oxygen atoms in total. The highest BCUT2D eigenvalue weighted by molar-refractivity contribution is 7.99. The minimum atomic E-state index is -0.0821. The summed E-state index contributed by atoms with van der Waals surface area (Å²) >= 11 is 1.39. The van der Waals surface area contributed by atoms with E-state index < -0.39 is 0 Å². The molecule has 2 heterocycles. The van der Waals surface area contributed by atoms with E-state index in [0.29, 0.717) is 0 Å². The van der Waals surface area contributed by atoms with Crippen molar-refractivity contribution in [2.75, 3.05) is 11.1 Å². The Hall–Kier alpha value is -3.06. The lowest BCUT2D eigenvalue weighted by atomic mass is 10.2. The Morgan fingerprint density at radius 1 is 1.07 bits per heavy atom. The number of aromatic amines is 1. The number of imidazole rings is 1. The van der Waals surface area contributed by atoms with Gasteiger partial charge in [0.05, 0.1) is 39.5 Å². The quantitative estimate of drug-likeness (QED) is 0.471. The van der Waals surface area contributed by atoms with E-state index in [-0.39, 0.29) is 11.7 Å². The number of thioether (sulfide) groups is 1. The van der Waals surface area contributed by atoms with Crippen LogP contribution in [-0.4, -0.2) is 31.4 Å². The van der Waals surface area contributed by atoms with E-state index in [0.717, 1.165) is 39.0 Å². The van der Waals surface area contributed by atoms with Gasteiger partial charge >= 0.3 is 0 Å². The zero-order valence-corrected chi connectivity index (χ0v) is 17.7. The van der Waals surface area contributed by atoms with E-state index in [1.807, 2.05) is 49.7 Å². The van der Waals surface area contributed by atoms with Crippen molar-refractivity contribution in [3.05, 3.63) is 65.0 Å². The number of hydrogen-bond donors (Lipinski definition) is 2. The predicted octanol–water partition coefficient (Wildman–Crippen LogP) is 4.71. The summed E-state index contributed by atoms with van der Waals surface area (Å²) in [7, 11) is 0. The molecule has 4 aromatic rings. The first-order chi connectivity index (χ1) is 13.9. The average molecular weight is 406 g/mol. The second-order valence-corrected chi connectivity index (χ2v) is 8.16. The zero-order chi connectivity index (χ0) is 20.5. The number of anilines is 1. The summed E-state index contributed by atoms with van der Waals surface area (Å²) in [5, 5.41) is 8.34. The van der Waals surface area contributed by atoms with Crippen LogP contribution < -0.4 is 5.32 Å². The van der Waals surface area contributed by atoms with Gasteiger partial charge in [-0.25, -0.2) is 9.67 Å². The SMILES string of the molecule is Cc1ccc(-n2nc(C)c(NC(=O)CSc3nc4ccc(C)cc4[nH]3)c2C)cc1. The molecule has 0 radical (unpaired) electrons. The lowest BCUT2D eigenvalue weighted by Crippen LogP contribution is -2.15. The molecule has 0 aliphatic carbocycles. The minimum Gasteiger partial charge on any atom is -0.333 e. The normalized spacial score (nSPS) is 11.2. The van der Waals surface area contributed by atoms with Gasteiger partial charge in [0.15, 0.2) is 5.16 Å². The van der Waals surface area contributed by atoms with Crippen LogP contribution in [0.25, 0.3) is 16.7 Å². The number of carbonyl (C=O) groups excluding carboxylic acids is 1. The molecule has 2 N–H and O–H groups in total. The van der Waals surface area contributed by atoms with Crippen molar-refractivity contribution >= 4 is 34.4 Å². The number of hydrogen-bond acceptors (Lipinski definition) is 4. The standard InChI is InChI=1S/C22H23N5OS/c1-13-5-8-17(9-6-13)27-16(4)21(15(3)26-27)25-20(28)12-29-22-23-18-10-7-14(2)11-19(18)24-22/h5-11H,12H2,1-4H3,(H,23,24)(H,25,28). The number of H-pyrrole nitrogens is 1. The smallest absolute Gasteiger partial charge is 0.234 e. The maximum atomic E-state index is 12.5. The van der Waals surface area contributed by atoms with Gasteiger partial charge in [0.2, 0.25) is 5.91 Å². The van der Waals surface area contributed by atoms with Crippen molar-refractivity contribution in [3.63, 3.8) is 0 Å². The average Bonchev–Trinajstić information content (AvgIpc) is 3.22. The third-order valence-electron chi connectivity index (χ3n) is 4.79. The molecule has 29 heavy (non-hydrogen) atoms. The number of nitrogens with one attached hydrogen (secondary N) is 2. The van der Waals surface area contributed by atoms with Gasteiger partial charge in [0.25, 0.3) is 0 Å². The third-order valence-corrected chi connectivity index (χ3v) is 5.66. The molecule has 0 bridgehead atoms. The molecule has 0 unspecified atom stereocenters. The van der Waals surface area contributed by atoms with Gasteiger partial charge in [-0.15, -0.1) is 0 Å². The van der Waals surface area contributed by atoms with Crippen LogP contribution in [0.2, 0.25) is 0 Å². The van der Waals surface area contributed by atoms with E-state index in [4.69, 9.17) is 0 Å². The fraction of sp³-hybridized carbons (Fsp3) is 0.227. The van der Waals surface area contributed by atoms with Crippen molar-refractivity contribution in [3.8, 4) is 5.69 Å². The van der Waals surface area contributed by atoms with Crippen LogP contribution in [0, 0.1) is 27.7 Å². The van der Waals surface area contributed by atoms with Crippen molar-refractivity contribution < 1.29 is 4.79 Å². The van der Waals surface area contributed by atoms with Gasteiger partial charge < -0.3 is 10.3 Å². The number of amides is 1. The number of aryl methyl sites for hydroxylation is 3. The summed E-state index contributed by atoms with van der Waals surface area (Å²) < 4.78 is 1.86. The van der Waals surface area contributed by atoms with E-state index in [1.54, 1.807) is 0 Å². The molecule has 0 fully saturated rings. The van der Waals surface area contributed by atoms with Crippen LogP contribution in [0.1, 0.15) is 22.5 Å². The van der Waals surface area contributed by atoms with Crippen molar-refractivity contribution in [2.24, 2.45) is 0 Å². The first-order valence-corrected chi connectivity index (χ1v) is 10.4. The van der Waals surface area contributed by atoms with E-state index in [2.05, 4.69) is 45.5 Å². The first kappa shape index (κ1) is 19.3. The topological polar surface area (TPSA) is 75.6 Å². The van der Waals surface area contributed by atoms with Crippen LogP contribution in [0.5, 0.6) is 0 Å². The molecule has 0 aliphatic heterocycles. The molecule has 148 valence electrons. The third kappa shape index (κ3) is 4.05. The van der Waals surface area contributed by atoms with Crippen LogP contribution in [0.3, 0.4) is 0 Å². The highest BCUT2D eigenvalue weighted by Crippen LogP contribution is 2.24. The fourth-order valence-electron chi connectivity index (χ4n) is 3.24. The summed E-state index contributed by atoms with van der Waals surface area (Å²) in [5.41, 5.74) is 7.70. The maximum absolute atomic E-state index is 12.5. The number of nitrogens with zero attached hydrogens (tertiary/aromatic N) is 3. The van der Waals surface area contributed by atoms with Gasteiger partial charge in [-0.1, -0.05) is 35.5 Å². The summed E-state index contributed by atoms with van der Waals surface area (Å²) in [6.07, 6.45) is 0. The second-order valence-electron chi connectivity index (χ2n) is 7.19. The number of fused-ring (bicyclic) bond motifs is 1. The van der Waals surface area contributed by atoms with E-state index >= 15 is 0 Å². The number of rotatable bonds is 5. The molecular weight excluding hydrogens is 382 g/mol. The van der Waals surface area contributed by atoms with Gasteiger partial charge in [-0.2, -0.15) is 5.10 Å². The molecule has 0 aliphatic rings. The monoisotopic (exact) mass is 405 g/mol. The second kappa shape index (κ2) is 7.75. The fourth-order valence-corrected chi connectivity index (χ4v) is 3.92. The molecular formula is C22H23N5OS. The molecule has 1 amide bonds. The molecule has 0 saturated heterocycles. The Balaban J connectivity index is 1.46. The van der Waals surface area contributed by atoms with Crippen LogP contribution in [-0.2, 0) is 4.79 Å². The van der Waals surface area contributed by atoms with E-state index in [9.17, 15) is 4.79 Å². The first-order valence-electron chi connectivity index (χ1n) is 9.43. The van der Waals surface area contributed by atoms with Crippen molar-refractivity contribution in [2.45, 2.75) is 32.9 Å². The van der Waals surface area contributed by atoms with Gasteiger partial charge in [0.1, 0.15) is 0 Å². The summed E-state index contributed by atoms with van der Waals surface area (Å²) in [6.45, 7) is 7.96. The predicted molar refractivity (Wildman–Crippen MR) is 118 cm³/mol. The van der Waals surface area contributed by atoms with Crippen LogP contribution >= 0.6 is 11.8 Å². The maximum Gasteiger partial charge on any atom is 0.234 e. The molecule has 2 aromatic heterocycles. The molecule has 4 rings (SSSR count). The Kier molecular flexibility index (Phi) is 5.15. The molecule has 0 saturated carbocycles. The Bertz CT molecular complexity index is 1190. The van der Waals surface area contributed by atoms with Crippen LogP contribution in [0.15, 0.2) is 47.6 Å². The lowest BCUT2D eigenvalue weighted by molar-refractivity contribution is -0.113. The zero-order valence-electron chi connectivity index (χ0n) is 16.9. The van der Waals surface area contributed by atoms with Crippen molar-refractivity contribution in [1.82, 2.24) is 19.7 Å². The van der Waals surface area contributed by atoms with Gasteiger partial charge in [-0.3, -0.25) is 4.79 Å². The highest BCUT2D eigenvalue weighted by atomic mass is 32.2. The lowest BCUT2D eigenvalue weighted by Gasteiger charge is -2.07. The minimum absolute atomic E-state index is 0.0821. The number of aromatic nitrogens is 4. The molecule has 0 atom stereocenters. The highest BCUT2D eigenvalue weighted by Gasteiger charge is 2.16. The number of carbonyl (C=O) groups is 1. The molecule has 2 aromatic carbocycles. The van der Waals surface area contributed by atoms with Crippen molar-refractivity contribution in [1.29, 1.82) is 0 Å². The Morgan fingerprint density at radius 3 is 2.55 bits per heavy atom. The van der Waals surface area contributed by atoms with E-state index in [1.165, 1.54) is 22.9 Å². The molecule has 7 heteroatoms. The summed E-state index contributed by atoms with van der Waals surface area (Å²) in [6, 6.07) is 14.2. The molecule has 0 spiro atoms. The largest absolute Gasteiger partial charge is 0.333 e. The summed E-state index contributed by atoms with van der Waals surface area (Å²) in [4.78, 5) is 20.3. The van der Waals surface area contributed by atoms with Gasteiger partial charge in [-0.05, 0) is 57.5 Å². The Labute approximate surface area is 173 Å². The number of benzene rings is 2.